The number of benzene rings is 2. The van der Waals surface area contributed by atoms with Crippen molar-refractivity contribution in [1.82, 2.24) is 5.32 Å². The van der Waals surface area contributed by atoms with E-state index in [0.717, 1.165) is 17.7 Å². The van der Waals surface area contributed by atoms with Crippen molar-refractivity contribution in [2.45, 2.75) is 26.2 Å². The highest BCUT2D eigenvalue weighted by atomic mass is 16.2. The van der Waals surface area contributed by atoms with Crippen LogP contribution in [-0.2, 0) is 22.4 Å². The first-order valence-corrected chi connectivity index (χ1v) is 7.87. The second-order valence-electron chi connectivity index (χ2n) is 5.36. The van der Waals surface area contributed by atoms with E-state index in [-0.39, 0.29) is 18.2 Å². The maximum absolute atomic E-state index is 11.9. The summed E-state index contributed by atoms with van der Waals surface area (Å²) in [5, 5.41) is 5.62. The second kappa shape index (κ2) is 8.73. The monoisotopic (exact) mass is 310 g/mol. The Balaban J connectivity index is 1.71. The minimum Gasteiger partial charge on any atom is -0.355 e. The zero-order valence-electron chi connectivity index (χ0n) is 13.3. The number of amides is 2. The molecular formula is C19H22N2O2. The number of hydrogen-bond acceptors (Lipinski definition) is 2. The summed E-state index contributed by atoms with van der Waals surface area (Å²) in [5.74, 6) is -0.171. The van der Waals surface area contributed by atoms with E-state index < -0.39 is 0 Å². The molecular weight excluding hydrogens is 288 g/mol. The van der Waals surface area contributed by atoms with Crippen LogP contribution in [0.25, 0.3) is 0 Å². The molecule has 0 aliphatic heterocycles. The highest BCUT2D eigenvalue weighted by molar-refractivity contribution is 5.91. The normalized spacial score (nSPS) is 10.1. The molecule has 4 heteroatoms. The van der Waals surface area contributed by atoms with Crippen molar-refractivity contribution in [2.24, 2.45) is 0 Å². The molecule has 0 radical (unpaired) electrons. The van der Waals surface area contributed by atoms with Crippen molar-refractivity contribution >= 4 is 17.5 Å². The lowest BCUT2D eigenvalue weighted by atomic mass is 10.1. The van der Waals surface area contributed by atoms with E-state index in [2.05, 4.69) is 17.6 Å². The van der Waals surface area contributed by atoms with Gasteiger partial charge in [0, 0.05) is 18.7 Å². The molecule has 23 heavy (non-hydrogen) atoms. The zero-order valence-corrected chi connectivity index (χ0v) is 13.3. The molecule has 2 aromatic carbocycles. The van der Waals surface area contributed by atoms with Gasteiger partial charge in [-0.05, 0) is 29.7 Å². The van der Waals surface area contributed by atoms with Crippen molar-refractivity contribution in [3.05, 3.63) is 65.7 Å². The number of aryl methyl sites for hydroxylation is 1. The molecule has 0 saturated carbocycles. The average molecular weight is 310 g/mol. The van der Waals surface area contributed by atoms with Crippen LogP contribution in [-0.4, -0.2) is 18.4 Å². The summed E-state index contributed by atoms with van der Waals surface area (Å²) >= 11 is 0. The van der Waals surface area contributed by atoms with Crippen LogP contribution in [0.1, 0.15) is 24.5 Å². The molecule has 2 N–H and O–H groups in total. The van der Waals surface area contributed by atoms with Crippen molar-refractivity contribution in [3.63, 3.8) is 0 Å². The molecule has 0 unspecified atom stereocenters. The first kappa shape index (κ1) is 16.7. The molecule has 2 amide bonds. The number of anilines is 1. The Labute approximate surface area is 136 Å². The van der Waals surface area contributed by atoms with Crippen LogP contribution in [0.2, 0.25) is 0 Å². The molecule has 0 heterocycles. The summed E-state index contributed by atoms with van der Waals surface area (Å²) in [6, 6.07) is 17.3. The van der Waals surface area contributed by atoms with E-state index in [4.69, 9.17) is 0 Å². The molecule has 0 spiro atoms. The van der Waals surface area contributed by atoms with Gasteiger partial charge in [-0.15, -0.1) is 0 Å². The van der Waals surface area contributed by atoms with Crippen molar-refractivity contribution in [1.29, 1.82) is 0 Å². The summed E-state index contributed by atoms with van der Waals surface area (Å²) in [4.78, 5) is 23.7. The number of carbonyl (C=O) groups excluding carboxylic acids is 2. The molecule has 4 nitrogen and oxygen atoms in total. The van der Waals surface area contributed by atoms with E-state index in [1.807, 2.05) is 54.6 Å². The predicted molar refractivity (Wildman–Crippen MR) is 92.2 cm³/mol. The highest BCUT2D eigenvalue weighted by Gasteiger charge is 2.06. The maximum atomic E-state index is 11.9. The summed E-state index contributed by atoms with van der Waals surface area (Å²) in [5.41, 5.74) is 2.94. The average Bonchev–Trinajstić information content (AvgIpc) is 2.56. The van der Waals surface area contributed by atoms with Gasteiger partial charge in [0.1, 0.15) is 0 Å². The topological polar surface area (TPSA) is 58.2 Å². The molecule has 0 aliphatic carbocycles. The lowest BCUT2D eigenvalue weighted by Crippen LogP contribution is -2.28. The SMILES string of the molecule is CCc1cccc(NC(=O)CCNC(=O)Cc2ccccc2)c1. The highest BCUT2D eigenvalue weighted by Crippen LogP contribution is 2.11. The van der Waals surface area contributed by atoms with Crippen molar-refractivity contribution < 1.29 is 9.59 Å². The third-order valence-electron chi connectivity index (χ3n) is 3.50. The van der Waals surface area contributed by atoms with E-state index in [1.165, 1.54) is 5.56 Å². The third-order valence-corrected chi connectivity index (χ3v) is 3.50. The Hall–Kier alpha value is -2.62. The van der Waals surface area contributed by atoms with Gasteiger partial charge in [0.2, 0.25) is 11.8 Å². The van der Waals surface area contributed by atoms with Gasteiger partial charge in [-0.25, -0.2) is 0 Å². The fourth-order valence-corrected chi connectivity index (χ4v) is 2.25. The van der Waals surface area contributed by atoms with Crippen LogP contribution >= 0.6 is 0 Å². The summed E-state index contributed by atoms with van der Waals surface area (Å²) < 4.78 is 0. The minimum atomic E-state index is -0.0988. The van der Waals surface area contributed by atoms with Gasteiger partial charge >= 0.3 is 0 Å². The quantitative estimate of drug-likeness (QED) is 0.826. The number of hydrogen-bond donors (Lipinski definition) is 2. The molecule has 0 atom stereocenters. The molecule has 0 bridgehead atoms. The van der Waals surface area contributed by atoms with Crippen LogP contribution in [0.4, 0.5) is 5.69 Å². The van der Waals surface area contributed by atoms with Crippen LogP contribution in [0.3, 0.4) is 0 Å². The van der Waals surface area contributed by atoms with Crippen LogP contribution in [0, 0.1) is 0 Å². The first-order valence-electron chi connectivity index (χ1n) is 7.87. The van der Waals surface area contributed by atoms with E-state index >= 15 is 0 Å². The molecule has 0 aromatic heterocycles. The fourth-order valence-electron chi connectivity index (χ4n) is 2.25. The van der Waals surface area contributed by atoms with Crippen molar-refractivity contribution in [3.8, 4) is 0 Å². The van der Waals surface area contributed by atoms with Gasteiger partial charge < -0.3 is 10.6 Å². The Morgan fingerprint density at radius 2 is 1.65 bits per heavy atom. The van der Waals surface area contributed by atoms with Crippen LogP contribution in [0.15, 0.2) is 54.6 Å². The van der Waals surface area contributed by atoms with Gasteiger partial charge in [0.15, 0.2) is 0 Å². The Morgan fingerprint density at radius 3 is 2.39 bits per heavy atom. The van der Waals surface area contributed by atoms with Crippen LogP contribution < -0.4 is 10.6 Å². The number of rotatable bonds is 7. The predicted octanol–water partition coefficient (Wildman–Crippen LogP) is 2.94. The molecule has 2 rings (SSSR count). The van der Waals surface area contributed by atoms with Gasteiger partial charge in [-0.3, -0.25) is 9.59 Å². The Bertz CT molecular complexity index is 653. The smallest absolute Gasteiger partial charge is 0.226 e. The number of carbonyl (C=O) groups is 2. The van der Waals surface area contributed by atoms with Gasteiger partial charge in [-0.2, -0.15) is 0 Å². The van der Waals surface area contributed by atoms with E-state index in [1.54, 1.807) is 0 Å². The largest absolute Gasteiger partial charge is 0.355 e. The maximum Gasteiger partial charge on any atom is 0.226 e. The zero-order chi connectivity index (χ0) is 16.5. The first-order chi connectivity index (χ1) is 11.2. The third kappa shape index (κ3) is 5.94. The molecule has 0 saturated heterocycles. The van der Waals surface area contributed by atoms with Gasteiger partial charge in [-0.1, -0.05) is 49.4 Å². The van der Waals surface area contributed by atoms with E-state index in [0.29, 0.717) is 13.0 Å². The number of nitrogens with one attached hydrogen (secondary N) is 2. The summed E-state index contributed by atoms with van der Waals surface area (Å²) in [6.45, 7) is 2.41. The standard InChI is InChI=1S/C19H22N2O2/c1-2-15-9-6-10-17(13-15)21-18(22)11-12-20-19(23)14-16-7-4-3-5-8-16/h3-10,13H,2,11-12,14H2,1H3,(H,20,23)(H,21,22). The Kier molecular flexibility index (Phi) is 6.36. The molecule has 0 fully saturated rings. The molecule has 2 aromatic rings. The second-order valence-corrected chi connectivity index (χ2v) is 5.36. The van der Waals surface area contributed by atoms with Crippen molar-refractivity contribution in [2.75, 3.05) is 11.9 Å². The van der Waals surface area contributed by atoms with Gasteiger partial charge in [0.25, 0.3) is 0 Å². The lowest BCUT2D eigenvalue weighted by molar-refractivity contribution is -0.120. The molecule has 0 aliphatic rings. The summed E-state index contributed by atoms with van der Waals surface area (Å²) in [6.07, 6.45) is 1.52. The lowest BCUT2D eigenvalue weighted by Gasteiger charge is -2.08. The minimum absolute atomic E-state index is 0.0722. The van der Waals surface area contributed by atoms with E-state index in [9.17, 15) is 9.59 Å². The Morgan fingerprint density at radius 1 is 0.913 bits per heavy atom. The molecule has 120 valence electrons. The van der Waals surface area contributed by atoms with Gasteiger partial charge in [0.05, 0.1) is 6.42 Å². The summed E-state index contributed by atoms with van der Waals surface area (Å²) in [7, 11) is 0. The van der Waals surface area contributed by atoms with Crippen LogP contribution in [0.5, 0.6) is 0 Å². The fraction of sp³-hybridized carbons (Fsp3) is 0.263.